The molecule has 2 N–H and O–H groups in total. The number of aryl methyl sites for hydroxylation is 1. The molecule has 0 spiro atoms. The number of aromatic nitrogens is 1. The van der Waals surface area contributed by atoms with E-state index in [0.717, 1.165) is 32.1 Å². The average Bonchev–Trinajstić information content (AvgIpc) is 3.29. The zero-order valence-corrected chi connectivity index (χ0v) is 14.0. The summed E-state index contributed by atoms with van der Waals surface area (Å²) in [5, 5.41) is 9.45. The number of carbonyl (C=O) groups excluding carboxylic acids is 2. The second-order valence-corrected chi connectivity index (χ2v) is 7.17. The van der Waals surface area contributed by atoms with E-state index < -0.39 is 11.8 Å². The topological polar surface area (TPSA) is 84.2 Å². The Hall–Kier alpha value is -1.85. The second-order valence-electron chi connectivity index (χ2n) is 7.17. The van der Waals surface area contributed by atoms with E-state index in [4.69, 9.17) is 4.52 Å². The maximum absolute atomic E-state index is 12.2. The summed E-state index contributed by atoms with van der Waals surface area (Å²) >= 11 is 0. The molecule has 6 nitrogen and oxygen atoms in total. The molecule has 2 saturated carbocycles. The van der Waals surface area contributed by atoms with Crippen molar-refractivity contribution in [3.8, 4) is 0 Å². The summed E-state index contributed by atoms with van der Waals surface area (Å²) in [6.45, 7) is 6.21. The molecule has 0 aliphatic heterocycles. The Bertz CT molecular complexity index is 606. The lowest BCUT2D eigenvalue weighted by atomic mass is 9.79. The molecule has 0 bridgehead atoms. The lowest BCUT2D eigenvalue weighted by Gasteiger charge is -2.32. The van der Waals surface area contributed by atoms with E-state index in [-0.39, 0.29) is 6.04 Å². The third-order valence-corrected chi connectivity index (χ3v) is 5.22. The number of carbonyl (C=O) groups is 2. The Morgan fingerprint density at radius 2 is 1.83 bits per heavy atom. The first-order valence-electron chi connectivity index (χ1n) is 8.53. The molecule has 3 atom stereocenters. The molecule has 0 aromatic carbocycles. The van der Waals surface area contributed by atoms with Crippen LogP contribution in [0.2, 0.25) is 0 Å². The summed E-state index contributed by atoms with van der Waals surface area (Å²) in [5.74, 6) is 1.07. The van der Waals surface area contributed by atoms with Crippen molar-refractivity contribution < 1.29 is 14.1 Å². The number of hydrogen-bond acceptors (Lipinski definition) is 4. The van der Waals surface area contributed by atoms with Crippen LogP contribution < -0.4 is 10.6 Å². The molecule has 126 valence electrons. The molecule has 1 heterocycles. The van der Waals surface area contributed by atoms with Gasteiger partial charge in [-0.2, -0.15) is 0 Å². The maximum atomic E-state index is 12.2. The minimum Gasteiger partial charge on any atom is -0.359 e. The zero-order chi connectivity index (χ0) is 16.6. The predicted molar refractivity (Wildman–Crippen MR) is 86.0 cm³/mol. The molecular weight excluding hydrogens is 294 g/mol. The predicted octanol–water partition coefficient (Wildman–Crippen LogP) is 2.74. The molecule has 6 heteroatoms. The van der Waals surface area contributed by atoms with E-state index in [9.17, 15) is 9.59 Å². The van der Waals surface area contributed by atoms with Crippen LogP contribution in [-0.4, -0.2) is 23.0 Å². The van der Waals surface area contributed by atoms with Gasteiger partial charge < -0.3 is 15.2 Å². The van der Waals surface area contributed by atoms with Gasteiger partial charge in [0.2, 0.25) is 0 Å². The lowest BCUT2D eigenvalue weighted by molar-refractivity contribution is -0.136. The van der Waals surface area contributed by atoms with Gasteiger partial charge in [0, 0.05) is 12.0 Å². The van der Waals surface area contributed by atoms with Crippen molar-refractivity contribution in [3.63, 3.8) is 0 Å². The van der Waals surface area contributed by atoms with Gasteiger partial charge in [-0.3, -0.25) is 9.59 Å². The monoisotopic (exact) mass is 319 g/mol. The molecule has 23 heavy (non-hydrogen) atoms. The Balaban J connectivity index is 1.58. The van der Waals surface area contributed by atoms with Crippen molar-refractivity contribution in [1.82, 2.24) is 10.5 Å². The Morgan fingerprint density at radius 3 is 2.48 bits per heavy atom. The summed E-state index contributed by atoms with van der Waals surface area (Å²) in [4.78, 5) is 24.3. The number of rotatable bonds is 3. The maximum Gasteiger partial charge on any atom is 0.313 e. The van der Waals surface area contributed by atoms with Gasteiger partial charge in [0.25, 0.3) is 0 Å². The SMILES string of the molecule is Cc1noc(C2CC2)c1NC(=O)C(=O)NC1CCC(C)C(C)C1. The summed E-state index contributed by atoms with van der Waals surface area (Å²) in [6, 6.07) is 0.0888. The Labute approximate surface area is 136 Å². The molecule has 2 aliphatic carbocycles. The van der Waals surface area contributed by atoms with Crippen LogP contribution in [0.1, 0.15) is 63.3 Å². The highest BCUT2D eigenvalue weighted by atomic mass is 16.5. The first-order valence-corrected chi connectivity index (χ1v) is 8.53. The number of amides is 2. The van der Waals surface area contributed by atoms with Crippen LogP contribution in [0.5, 0.6) is 0 Å². The van der Waals surface area contributed by atoms with Gasteiger partial charge >= 0.3 is 11.8 Å². The van der Waals surface area contributed by atoms with E-state index >= 15 is 0 Å². The highest BCUT2D eigenvalue weighted by molar-refractivity contribution is 6.39. The van der Waals surface area contributed by atoms with Gasteiger partial charge in [-0.05, 0) is 50.9 Å². The van der Waals surface area contributed by atoms with Crippen LogP contribution in [0.4, 0.5) is 5.69 Å². The summed E-state index contributed by atoms with van der Waals surface area (Å²) < 4.78 is 5.28. The smallest absolute Gasteiger partial charge is 0.313 e. The molecule has 2 amide bonds. The van der Waals surface area contributed by atoms with Crippen molar-refractivity contribution in [2.45, 2.75) is 64.8 Å². The highest BCUT2D eigenvalue weighted by Crippen LogP contribution is 2.44. The quantitative estimate of drug-likeness (QED) is 0.839. The number of anilines is 1. The zero-order valence-electron chi connectivity index (χ0n) is 14.0. The molecule has 2 fully saturated rings. The van der Waals surface area contributed by atoms with Crippen LogP contribution in [0.3, 0.4) is 0 Å². The minimum atomic E-state index is -0.635. The first-order chi connectivity index (χ1) is 11.0. The lowest BCUT2D eigenvalue weighted by Crippen LogP contribution is -2.44. The number of nitrogens with zero attached hydrogens (tertiary/aromatic N) is 1. The summed E-state index contributed by atoms with van der Waals surface area (Å²) in [5.41, 5.74) is 1.19. The Morgan fingerprint density at radius 1 is 1.09 bits per heavy atom. The molecule has 2 aliphatic rings. The van der Waals surface area contributed by atoms with Crippen molar-refractivity contribution in [2.75, 3.05) is 5.32 Å². The first kappa shape index (κ1) is 16.0. The van der Waals surface area contributed by atoms with Crippen molar-refractivity contribution >= 4 is 17.5 Å². The fourth-order valence-corrected chi connectivity index (χ4v) is 3.26. The standard InChI is InChI=1S/C17H25N3O3/c1-9-4-7-13(8-10(9)2)18-16(21)17(22)19-14-11(3)20-23-15(14)12-5-6-12/h9-10,12-13H,4-8H2,1-3H3,(H,18,21)(H,19,22). The third kappa shape index (κ3) is 3.57. The van der Waals surface area contributed by atoms with E-state index in [2.05, 4.69) is 29.6 Å². The molecule has 1 aromatic rings. The minimum absolute atomic E-state index is 0.0888. The Kier molecular flexibility index (Phi) is 4.41. The van der Waals surface area contributed by atoms with Crippen LogP contribution in [0.15, 0.2) is 4.52 Å². The highest BCUT2D eigenvalue weighted by Gasteiger charge is 2.33. The fourth-order valence-electron chi connectivity index (χ4n) is 3.26. The fraction of sp³-hybridized carbons (Fsp3) is 0.706. The van der Waals surface area contributed by atoms with Gasteiger partial charge in [0.15, 0.2) is 5.76 Å². The van der Waals surface area contributed by atoms with Crippen LogP contribution in [0, 0.1) is 18.8 Å². The average molecular weight is 319 g/mol. The normalized spacial score (nSPS) is 27.5. The molecular formula is C17H25N3O3. The van der Waals surface area contributed by atoms with Crippen molar-refractivity contribution in [2.24, 2.45) is 11.8 Å². The van der Waals surface area contributed by atoms with Gasteiger partial charge in [0.05, 0.1) is 0 Å². The van der Waals surface area contributed by atoms with Gasteiger partial charge in [-0.25, -0.2) is 0 Å². The molecule has 1 aromatic heterocycles. The van der Waals surface area contributed by atoms with E-state index in [1.165, 1.54) is 0 Å². The molecule has 0 radical (unpaired) electrons. The van der Waals surface area contributed by atoms with Gasteiger partial charge in [-0.15, -0.1) is 0 Å². The van der Waals surface area contributed by atoms with Crippen LogP contribution in [-0.2, 0) is 9.59 Å². The van der Waals surface area contributed by atoms with E-state index in [1.807, 2.05) is 0 Å². The van der Waals surface area contributed by atoms with Crippen LogP contribution >= 0.6 is 0 Å². The molecule has 3 rings (SSSR count). The van der Waals surface area contributed by atoms with Crippen molar-refractivity contribution in [1.29, 1.82) is 0 Å². The van der Waals surface area contributed by atoms with E-state index in [1.54, 1.807) is 6.92 Å². The van der Waals surface area contributed by atoms with Gasteiger partial charge in [-0.1, -0.05) is 19.0 Å². The molecule has 0 saturated heterocycles. The van der Waals surface area contributed by atoms with E-state index in [0.29, 0.717) is 34.9 Å². The van der Waals surface area contributed by atoms with Crippen LogP contribution in [0.25, 0.3) is 0 Å². The third-order valence-electron chi connectivity index (χ3n) is 5.22. The summed E-state index contributed by atoms with van der Waals surface area (Å²) in [7, 11) is 0. The number of hydrogen-bond donors (Lipinski definition) is 2. The largest absolute Gasteiger partial charge is 0.359 e. The molecule has 3 unspecified atom stereocenters. The van der Waals surface area contributed by atoms with Crippen molar-refractivity contribution in [3.05, 3.63) is 11.5 Å². The summed E-state index contributed by atoms with van der Waals surface area (Å²) in [6.07, 6.45) is 5.04. The van der Waals surface area contributed by atoms with Gasteiger partial charge in [0.1, 0.15) is 11.4 Å². The number of nitrogens with one attached hydrogen (secondary N) is 2. The second kappa shape index (κ2) is 6.34.